The number of aliphatic carboxylic acids is 1. The van der Waals surface area contributed by atoms with Gasteiger partial charge in [0, 0.05) is 0 Å². The molecule has 0 aromatic carbocycles. The van der Waals surface area contributed by atoms with E-state index in [0.717, 1.165) is 12.8 Å². The van der Waals surface area contributed by atoms with Gasteiger partial charge in [-0.1, -0.05) is 13.3 Å². The standard InChI is InChI=1S/C12H21NO4/c1-2-3-8-17-10(14)9-12(11(15)16)4-6-13-7-5-12/h13H,2-9H2,1H3,(H,15,16). The number of nitrogens with one attached hydrogen (secondary N) is 1. The number of rotatable bonds is 6. The van der Waals surface area contributed by atoms with Crippen molar-refractivity contribution in [3.8, 4) is 0 Å². The fourth-order valence-electron chi connectivity index (χ4n) is 2.03. The van der Waals surface area contributed by atoms with Gasteiger partial charge in [-0.15, -0.1) is 0 Å². The minimum absolute atomic E-state index is 0.00622. The number of esters is 1. The zero-order chi connectivity index (χ0) is 12.7. The van der Waals surface area contributed by atoms with Crippen molar-refractivity contribution in [3.63, 3.8) is 0 Å². The molecule has 0 aromatic heterocycles. The molecule has 0 bridgehead atoms. The number of piperidine rings is 1. The molecule has 2 N–H and O–H groups in total. The Balaban J connectivity index is 2.48. The van der Waals surface area contributed by atoms with Crippen molar-refractivity contribution in [2.24, 2.45) is 5.41 Å². The van der Waals surface area contributed by atoms with Gasteiger partial charge in [0.05, 0.1) is 18.4 Å². The molecule has 1 heterocycles. The van der Waals surface area contributed by atoms with Crippen molar-refractivity contribution < 1.29 is 19.4 Å². The van der Waals surface area contributed by atoms with Crippen LogP contribution in [0.3, 0.4) is 0 Å². The van der Waals surface area contributed by atoms with Crippen LogP contribution in [-0.4, -0.2) is 36.7 Å². The second-order valence-electron chi connectivity index (χ2n) is 4.59. The van der Waals surface area contributed by atoms with Crippen molar-refractivity contribution in [1.82, 2.24) is 5.32 Å². The summed E-state index contributed by atoms with van der Waals surface area (Å²) >= 11 is 0. The summed E-state index contributed by atoms with van der Waals surface area (Å²) in [4.78, 5) is 22.9. The van der Waals surface area contributed by atoms with Gasteiger partial charge in [-0.2, -0.15) is 0 Å². The number of hydrogen-bond donors (Lipinski definition) is 2. The zero-order valence-corrected chi connectivity index (χ0v) is 10.3. The van der Waals surface area contributed by atoms with Crippen molar-refractivity contribution in [1.29, 1.82) is 0 Å². The van der Waals surface area contributed by atoms with E-state index in [-0.39, 0.29) is 12.4 Å². The van der Waals surface area contributed by atoms with E-state index in [9.17, 15) is 14.7 Å². The highest BCUT2D eigenvalue weighted by Gasteiger charge is 2.41. The van der Waals surface area contributed by atoms with Crippen LogP contribution >= 0.6 is 0 Å². The van der Waals surface area contributed by atoms with Crippen LogP contribution in [0.15, 0.2) is 0 Å². The fraction of sp³-hybridized carbons (Fsp3) is 0.833. The molecule has 0 amide bonds. The Morgan fingerprint density at radius 3 is 2.53 bits per heavy atom. The third-order valence-electron chi connectivity index (χ3n) is 3.26. The molecule has 0 radical (unpaired) electrons. The van der Waals surface area contributed by atoms with Crippen LogP contribution in [0.2, 0.25) is 0 Å². The summed E-state index contributed by atoms with van der Waals surface area (Å²) in [5.74, 6) is -1.27. The molecule has 1 rings (SSSR count). The predicted molar refractivity (Wildman–Crippen MR) is 62.7 cm³/mol. The molecule has 0 atom stereocenters. The summed E-state index contributed by atoms with van der Waals surface area (Å²) in [6.45, 7) is 3.70. The van der Waals surface area contributed by atoms with Gasteiger partial charge in [0.2, 0.25) is 0 Å². The average molecular weight is 243 g/mol. The molecule has 1 aliphatic heterocycles. The fourth-order valence-corrected chi connectivity index (χ4v) is 2.03. The highest BCUT2D eigenvalue weighted by atomic mass is 16.5. The van der Waals surface area contributed by atoms with Gasteiger partial charge in [-0.25, -0.2) is 0 Å². The van der Waals surface area contributed by atoms with Crippen LogP contribution in [0.1, 0.15) is 39.0 Å². The average Bonchev–Trinajstić information content (AvgIpc) is 2.30. The molecule has 98 valence electrons. The number of carbonyl (C=O) groups is 2. The Labute approximate surface area is 102 Å². The van der Waals surface area contributed by atoms with Crippen LogP contribution in [0.5, 0.6) is 0 Å². The van der Waals surface area contributed by atoms with E-state index in [1.165, 1.54) is 0 Å². The van der Waals surface area contributed by atoms with E-state index in [2.05, 4.69) is 5.32 Å². The zero-order valence-electron chi connectivity index (χ0n) is 10.3. The lowest BCUT2D eigenvalue weighted by atomic mass is 9.76. The molecule has 0 aliphatic carbocycles. The largest absolute Gasteiger partial charge is 0.481 e. The molecule has 1 saturated heterocycles. The number of carboxylic acid groups (broad SMARTS) is 1. The quantitative estimate of drug-likeness (QED) is 0.541. The van der Waals surface area contributed by atoms with Gasteiger partial charge in [0.15, 0.2) is 0 Å². The molecule has 5 heteroatoms. The van der Waals surface area contributed by atoms with E-state index in [1.807, 2.05) is 6.92 Å². The molecule has 0 spiro atoms. The summed E-state index contributed by atoms with van der Waals surface area (Å²) in [6.07, 6.45) is 2.76. The lowest BCUT2D eigenvalue weighted by Crippen LogP contribution is -2.43. The minimum Gasteiger partial charge on any atom is -0.481 e. The Morgan fingerprint density at radius 1 is 1.35 bits per heavy atom. The van der Waals surface area contributed by atoms with Crippen molar-refractivity contribution in [3.05, 3.63) is 0 Å². The summed E-state index contributed by atoms with van der Waals surface area (Å²) < 4.78 is 5.04. The number of hydrogen-bond acceptors (Lipinski definition) is 4. The molecule has 0 unspecified atom stereocenters. The molecule has 17 heavy (non-hydrogen) atoms. The summed E-state index contributed by atoms with van der Waals surface area (Å²) in [5, 5.41) is 12.4. The molecule has 0 aromatic rings. The maximum absolute atomic E-state index is 11.6. The van der Waals surface area contributed by atoms with Crippen molar-refractivity contribution >= 4 is 11.9 Å². The smallest absolute Gasteiger partial charge is 0.310 e. The van der Waals surface area contributed by atoms with Gasteiger partial charge in [0.25, 0.3) is 0 Å². The molecule has 1 fully saturated rings. The first kappa shape index (κ1) is 14.0. The normalized spacial score (nSPS) is 18.6. The second kappa shape index (κ2) is 6.59. The van der Waals surface area contributed by atoms with Gasteiger partial charge < -0.3 is 15.2 Å². The summed E-state index contributed by atoms with van der Waals surface area (Å²) in [6, 6.07) is 0. The molecule has 5 nitrogen and oxygen atoms in total. The van der Waals surface area contributed by atoms with E-state index in [1.54, 1.807) is 0 Å². The second-order valence-corrected chi connectivity index (χ2v) is 4.59. The maximum Gasteiger partial charge on any atom is 0.310 e. The molecule has 0 saturated carbocycles. The number of carbonyl (C=O) groups excluding carboxylic acids is 1. The van der Waals surface area contributed by atoms with Crippen LogP contribution in [-0.2, 0) is 14.3 Å². The Morgan fingerprint density at radius 2 is 2.00 bits per heavy atom. The van der Waals surface area contributed by atoms with E-state index in [4.69, 9.17) is 4.74 Å². The van der Waals surface area contributed by atoms with E-state index < -0.39 is 11.4 Å². The first-order chi connectivity index (χ1) is 8.10. The van der Waals surface area contributed by atoms with Crippen LogP contribution in [0.25, 0.3) is 0 Å². The minimum atomic E-state index is -0.922. The van der Waals surface area contributed by atoms with Crippen LogP contribution < -0.4 is 5.32 Å². The maximum atomic E-state index is 11.6. The SMILES string of the molecule is CCCCOC(=O)CC1(C(=O)O)CCNCC1. The van der Waals surface area contributed by atoms with Gasteiger partial charge in [-0.3, -0.25) is 9.59 Å². The Bertz CT molecular complexity index is 272. The molecule has 1 aliphatic rings. The third-order valence-corrected chi connectivity index (χ3v) is 3.26. The summed E-state index contributed by atoms with van der Waals surface area (Å²) in [5.41, 5.74) is -0.922. The highest BCUT2D eigenvalue weighted by molar-refractivity contribution is 5.82. The Hall–Kier alpha value is -1.10. The number of carboxylic acids is 1. The first-order valence-electron chi connectivity index (χ1n) is 6.20. The molecular weight excluding hydrogens is 222 g/mol. The lowest BCUT2D eigenvalue weighted by Gasteiger charge is -2.32. The van der Waals surface area contributed by atoms with Crippen molar-refractivity contribution in [2.45, 2.75) is 39.0 Å². The Kier molecular flexibility index (Phi) is 5.41. The first-order valence-corrected chi connectivity index (χ1v) is 6.20. The lowest BCUT2D eigenvalue weighted by molar-refractivity contribution is -0.160. The van der Waals surface area contributed by atoms with Gasteiger partial charge in [0.1, 0.15) is 0 Å². The van der Waals surface area contributed by atoms with Gasteiger partial charge >= 0.3 is 11.9 Å². The third kappa shape index (κ3) is 4.00. The summed E-state index contributed by atoms with van der Waals surface area (Å²) in [7, 11) is 0. The highest BCUT2D eigenvalue weighted by Crippen LogP contribution is 2.33. The predicted octanol–water partition coefficient (Wildman–Crippen LogP) is 1.17. The van der Waals surface area contributed by atoms with Crippen LogP contribution in [0, 0.1) is 5.41 Å². The van der Waals surface area contributed by atoms with E-state index >= 15 is 0 Å². The molecular formula is C12H21NO4. The number of unbranched alkanes of at least 4 members (excludes halogenated alkanes) is 1. The van der Waals surface area contributed by atoms with E-state index in [0.29, 0.717) is 32.5 Å². The van der Waals surface area contributed by atoms with Gasteiger partial charge in [-0.05, 0) is 32.4 Å². The van der Waals surface area contributed by atoms with Crippen molar-refractivity contribution in [2.75, 3.05) is 19.7 Å². The van der Waals surface area contributed by atoms with Crippen LogP contribution in [0.4, 0.5) is 0 Å². The topological polar surface area (TPSA) is 75.6 Å². The number of ether oxygens (including phenoxy) is 1. The monoisotopic (exact) mass is 243 g/mol.